The summed E-state index contributed by atoms with van der Waals surface area (Å²) in [7, 11) is 0. The molecule has 26 heavy (non-hydrogen) atoms. The molecule has 2 N–H and O–H groups in total. The lowest BCUT2D eigenvalue weighted by molar-refractivity contribution is 0.0463. The lowest BCUT2D eigenvalue weighted by atomic mass is 10.2. The molecule has 0 aliphatic carbocycles. The summed E-state index contributed by atoms with van der Waals surface area (Å²) in [4.78, 5) is 27.7. The molecule has 1 fully saturated rings. The fourth-order valence-corrected chi connectivity index (χ4v) is 3.16. The third-order valence-electron chi connectivity index (χ3n) is 4.42. The molecular weight excluding hydrogens is 330 g/mol. The maximum Gasteiger partial charge on any atom is 0.342 e. The molecule has 4 rings (SSSR count). The maximum absolute atomic E-state index is 12.6. The first-order valence-corrected chi connectivity index (χ1v) is 8.60. The Morgan fingerprint density at radius 1 is 1.12 bits per heavy atom. The molecule has 0 atom stereocenters. The van der Waals surface area contributed by atoms with Gasteiger partial charge in [-0.2, -0.15) is 0 Å². The molecule has 7 nitrogen and oxygen atoms in total. The quantitative estimate of drug-likeness (QED) is 0.723. The van der Waals surface area contributed by atoms with Gasteiger partial charge in [0, 0.05) is 24.7 Å². The molecule has 0 amide bonds. The number of nitrogens with zero attached hydrogens (tertiary/aromatic N) is 4. The SMILES string of the molecule is Nc1nc(COC(=O)c2cccnc2N2CCCC2)nc2ccccc12. The molecule has 0 saturated carbocycles. The number of fused-ring (bicyclic) bond motifs is 1. The lowest BCUT2D eigenvalue weighted by Gasteiger charge is -2.18. The summed E-state index contributed by atoms with van der Waals surface area (Å²) in [5, 5.41) is 0.783. The van der Waals surface area contributed by atoms with Gasteiger partial charge in [-0.05, 0) is 37.1 Å². The number of para-hydroxylation sites is 1. The summed E-state index contributed by atoms with van der Waals surface area (Å²) >= 11 is 0. The molecule has 1 aromatic carbocycles. The monoisotopic (exact) mass is 349 g/mol. The van der Waals surface area contributed by atoms with E-state index in [-0.39, 0.29) is 6.61 Å². The van der Waals surface area contributed by atoms with Crippen molar-refractivity contribution < 1.29 is 9.53 Å². The molecule has 7 heteroatoms. The van der Waals surface area contributed by atoms with Crippen LogP contribution >= 0.6 is 0 Å². The number of aromatic nitrogens is 3. The zero-order chi connectivity index (χ0) is 17.9. The normalized spacial score (nSPS) is 13.9. The minimum absolute atomic E-state index is 0.0395. The number of rotatable bonds is 4. The van der Waals surface area contributed by atoms with Gasteiger partial charge in [0.15, 0.2) is 12.4 Å². The number of pyridine rings is 1. The molecule has 1 aliphatic heterocycles. The topological polar surface area (TPSA) is 94.2 Å². The van der Waals surface area contributed by atoms with Gasteiger partial charge in [0.2, 0.25) is 0 Å². The summed E-state index contributed by atoms with van der Waals surface area (Å²) in [5.41, 5.74) is 7.16. The second-order valence-electron chi connectivity index (χ2n) is 6.19. The van der Waals surface area contributed by atoms with Crippen LogP contribution < -0.4 is 10.6 Å². The highest BCUT2D eigenvalue weighted by Crippen LogP contribution is 2.23. The van der Waals surface area contributed by atoms with E-state index < -0.39 is 5.97 Å². The molecule has 0 radical (unpaired) electrons. The van der Waals surface area contributed by atoms with E-state index in [1.165, 1.54) is 0 Å². The average molecular weight is 349 g/mol. The van der Waals surface area contributed by atoms with Gasteiger partial charge in [-0.25, -0.2) is 19.7 Å². The fraction of sp³-hybridized carbons (Fsp3) is 0.263. The van der Waals surface area contributed by atoms with E-state index in [1.54, 1.807) is 18.3 Å². The minimum Gasteiger partial charge on any atom is -0.454 e. The van der Waals surface area contributed by atoms with E-state index in [0.717, 1.165) is 36.8 Å². The zero-order valence-corrected chi connectivity index (χ0v) is 14.3. The summed E-state index contributed by atoms with van der Waals surface area (Å²) in [6.07, 6.45) is 3.90. The number of benzene rings is 1. The average Bonchev–Trinajstić information content (AvgIpc) is 3.21. The molecule has 132 valence electrons. The molecule has 0 unspecified atom stereocenters. The van der Waals surface area contributed by atoms with Crippen molar-refractivity contribution in [1.82, 2.24) is 15.0 Å². The van der Waals surface area contributed by atoms with Gasteiger partial charge in [-0.1, -0.05) is 12.1 Å². The predicted octanol–water partition coefficient (Wildman–Crippen LogP) is 2.56. The van der Waals surface area contributed by atoms with Crippen molar-refractivity contribution in [2.45, 2.75) is 19.4 Å². The first-order valence-electron chi connectivity index (χ1n) is 8.60. The van der Waals surface area contributed by atoms with Crippen LogP contribution in [0.2, 0.25) is 0 Å². The second-order valence-corrected chi connectivity index (χ2v) is 6.19. The standard InChI is InChI=1S/C19H19N5O2/c20-17-13-6-1-2-8-15(13)22-16(23-17)12-26-19(25)14-7-5-9-21-18(14)24-10-3-4-11-24/h1-2,5-9H,3-4,10-12H2,(H2,20,22,23). The highest BCUT2D eigenvalue weighted by molar-refractivity contribution is 5.94. The van der Waals surface area contributed by atoms with Gasteiger partial charge in [-0.15, -0.1) is 0 Å². The van der Waals surface area contributed by atoms with Crippen molar-refractivity contribution in [3.8, 4) is 0 Å². The molecule has 1 saturated heterocycles. The maximum atomic E-state index is 12.6. The van der Waals surface area contributed by atoms with Gasteiger partial charge in [0.1, 0.15) is 17.2 Å². The number of carbonyl (C=O) groups excluding carboxylic acids is 1. The number of esters is 1. The Morgan fingerprint density at radius 2 is 1.92 bits per heavy atom. The number of anilines is 2. The highest BCUT2D eigenvalue weighted by atomic mass is 16.5. The van der Waals surface area contributed by atoms with E-state index >= 15 is 0 Å². The molecule has 1 aliphatic rings. The third kappa shape index (κ3) is 3.15. The Morgan fingerprint density at radius 3 is 2.77 bits per heavy atom. The zero-order valence-electron chi connectivity index (χ0n) is 14.3. The van der Waals surface area contributed by atoms with Crippen molar-refractivity contribution in [2.24, 2.45) is 0 Å². The van der Waals surface area contributed by atoms with E-state index in [9.17, 15) is 4.79 Å². The summed E-state index contributed by atoms with van der Waals surface area (Å²) in [6, 6.07) is 10.9. The summed E-state index contributed by atoms with van der Waals surface area (Å²) in [5.74, 6) is 0.992. The van der Waals surface area contributed by atoms with Crippen LogP contribution in [0.3, 0.4) is 0 Å². The van der Waals surface area contributed by atoms with Crippen molar-refractivity contribution in [2.75, 3.05) is 23.7 Å². The number of hydrogen-bond acceptors (Lipinski definition) is 7. The van der Waals surface area contributed by atoms with Crippen molar-refractivity contribution in [3.63, 3.8) is 0 Å². The van der Waals surface area contributed by atoms with Gasteiger partial charge >= 0.3 is 5.97 Å². The highest BCUT2D eigenvalue weighted by Gasteiger charge is 2.21. The Hall–Kier alpha value is -3.22. The largest absolute Gasteiger partial charge is 0.454 e. The number of hydrogen-bond donors (Lipinski definition) is 1. The third-order valence-corrected chi connectivity index (χ3v) is 4.42. The summed E-state index contributed by atoms with van der Waals surface area (Å²) in [6.45, 7) is 1.77. The van der Waals surface area contributed by atoms with E-state index in [0.29, 0.717) is 23.0 Å². The van der Waals surface area contributed by atoms with Gasteiger partial charge in [-0.3, -0.25) is 0 Å². The van der Waals surface area contributed by atoms with E-state index in [1.807, 2.05) is 24.3 Å². The number of carbonyl (C=O) groups is 1. The molecule has 3 heterocycles. The van der Waals surface area contributed by atoms with Gasteiger partial charge < -0.3 is 15.4 Å². The van der Waals surface area contributed by atoms with E-state index in [4.69, 9.17) is 10.5 Å². The van der Waals surface area contributed by atoms with Crippen LogP contribution in [0.15, 0.2) is 42.6 Å². The van der Waals surface area contributed by atoms with Gasteiger partial charge in [0.25, 0.3) is 0 Å². The number of ether oxygens (including phenoxy) is 1. The van der Waals surface area contributed by atoms with Crippen molar-refractivity contribution in [1.29, 1.82) is 0 Å². The second kappa shape index (κ2) is 6.95. The Labute approximate surface area is 150 Å². The van der Waals surface area contributed by atoms with Crippen LogP contribution in [0, 0.1) is 0 Å². The minimum atomic E-state index is -0.435. The van der Waals surface area contributed by atoms with Gasteiger partial charge in [0.05, 0.1) is 5.52 Å². The Balaban J connectivity index is 1.53. The summed E-state index contributed by atoms with van der Waals surface area (Å²) < 4.78 is 5.43. The molecule has 3 aromatic rings. The molecular formula is C19H19N5O2. The van der Waals surface area contributed by atoms with Crippen molar-refractivity contribution >= 4 is 28.5 Å². The van der Waals surface area contributed by atoms with Crippen LogP contribution in [-0.4, -0.2) is 34.0 Å². The predicted molar refractivity (Wildman–Crippen MR) is 98.8 cm³/mol. The molecule has 0 bridgehead atoms. The number of nitrogens with two attached hydrogens (primary N) is 1. The van der Waals surface area contributed by atoms with Crippen LogP contribution in [0.4, 0.5) is 11.6 Å². The number of nitrogen functional groups attached to an aromatic ring is 1. The lowest BCUT2D eigenvalue weighted by Crippen LogP contribution is -2.22. The fourth-order valence-electron chi connectivity index (χ4n) is 3.16. The van der Waals surface area contributed by atoms with Crippen LogP contribution in [0.1, 0.15) is 29.0 Å². The first-order chi connectivity index (χ1) is 12.7. The molecule has 0 spiro atoms. The Bertz CT molecular complexity index is 954. The van der Waals surface area contributed by atoms with Crippen molar-refractivity contribution in [3.05, 3.63) is 54.0 Å². The molecule has 2 aromatic heterocycles. The van der Waals surface area contributed by atoms with Crippen LogP contribution in [-0.2, 0) is 11.3 Å². The smallest absolute Gasteiger partial charge is 0.342 e. The van der Waals surface area contributed by atoms with Crippen LogP contribution in [0.25, 0.3) is 10.9 Å². The Kier molecular flexibility index (Phi) is 4.35. The van der Waals surface area contributed by atoms with Crippen LogP contribution in [0.5, 0.6) is 0 Å². The first kappa shape index (κ1) is 16.3. The van der Waals surface area contributed by atoms with E-state index in [2.05, 4.69) is 19.9 Å².